The van der Waals surface area contributed by atoms with Crippen LogP contribution in [0.2, 0.25) is 0 Å². The highest BCUT2D eigenvalue weighted by Crippen LogP contribution is 2.26. The highest BCUT2D eigenvalue weighted by atomic mass is 19.1. The number of rotatable bonds is 5. The first-order chi connectivity index (χ1) is 15.7. The molecule has 0 saturated heterocycles. The molecule has 4 rings (SSSR count). The number of aromatic nitrogens is 3. The summed E-state index contributed by atoms with van der Waals surface area (Å²) in [5, 5.41) is 8.37. The molecule has 0 radical (unpaired) electrons. The molecule has 0 saturated carbocycles. The van der Waals surface area contributed by atoms with E-state index < -0.39 is 5.82 Å². The molecule has 0 atom stereocenters. The minimum atomic E-state index is -0.410. The number of hydrogen-bond acceptors (Lipinski definition) is 3. The van der Waals surface area contributed by atoms with E-state index in [-0.39, 0.29) is 24.3 Å². The second-order valence-corrected chi connectivity index (χ2v) is 8.51. The summed E-state index contributed by atoms with van der Waals surface area (Å²) in [5.74, 6) is -0.676. The minimum Gasteiger partial charge on any atom is -0.326 e. The van der Waals surface area contributed by atoms with Gasteiger partial charge in [-0.25, -0.2) is 9.07 Å². The third-order valence-corrected chi connectivity index (χ3v) is 6.10. The van der Waals surface area contributed by atoms with E-state index in [1.54, 1.807) is 29.3 Å². The molecule has 0 aliphatic carbocycles. The number of fused-ring (bicyclic) bond motifs is 1. The fourth-order valence-electron chi connectivity index (χ4n) is 4.21. The van der Waals surface area contributed by atoms with Gasteiger partial charge >= 0.3 is 0 Å². The van der Waals surface area contributed by atoms with E-state index in [2.05, 4.69) is 5.32 Å². The van der Waals surface area contributed by atoms with Crippen LogP contribution in [0.1, 0.15) is 34.4 Å². The van der Waals surface area contributed by atoms with Gasteiger partial charge in [0.2, 0.25) is 5.91 Å². The van der Waals surface area contributed by atoms with Gasteiger partial charge in [-0.15, -0.1) is 0 Å². The molecule has 1 N–H and O–H groups in total. The summed E-state index contributed by atoms with van der Waals surface area (Å²) in [7, 11) is 1.73. The van der Waals surface area contributed by atoms with Crippen LogP contribution in [0.5, 0.6) is 0 Å². The van der Waals surface area contributed by atoms with E-state index >= 15 is 0 Å². The van der Waals surface area contributed by atoms with Crippen molar-refractivity contribution >= 4 is 22.6 Å². The number of carbonyl (C=O) groups excluding carboxylic acids is 1. The Hall–Kier alpha value is -3.74. The minimum absolute atomic E-state index is 0.114. The summed E-state index contributed by atoms with van der Waals surface area (Å²) in [6.45, 7) is 7.65. The Morgan fingerprint density at radius 1 is 1.06 bits per heavy atom. The second-order valence-electron chi connectivity index (χ2n) is 8.51. The Bertz CT molecular complexity index is 1430. The van der Waals surface area contributed by atoms with Crippen LogP contribution >= 0.6 is 0 Å². The van der Waals surface area contributed by atoms with Gasteiger partial charge in [-0.1, -0.05) is 23.8 Å². The number of aryl methyl sites for hydroxylation is 5. The van der Waals surface area contributed by atoms with Gasteiger partial charge in [0.25, 0.3) is 5.56 Å². The molecule has 0 bridgehead atoms. The standard InChI is InChI=1S/C26H27FN4O2/c1-15-6-10-20(11-7-15)31-25-24(18(4)29-31)17(3)21(26(33)30(25)5)12-13-23(32)28-22-14-19(27)9-8-16(22)2/h6-11,14H,12-13H2,1-5H3,(H,28,32). The molecule has 2 aromatic heterocycles. The van der Waals surface area contributed by atoms with Gasteiger partial charge in [-0.05, 0) is 69.5 Å². The lowest BCUT2D eigenvalue weighted by Gasteiger charge is -2.13. The highest BCUT2D eigenvalue weighted by molar-refractivity contribution is 5.92. The van der Waals surface area contributed by atoms with Crippen LogP contribution in [0.15, 0.2) is 47.3 Å². The number of pyridine rings is 1. The average molecular weight is 447 g/mol. The molecule has 2 aromatic carbocycles. The molecule has 0 aliphatic heterocycles. The number of halogens is 1. The fourth-order valence-corrected chi connectivity index (χ4v) is 4.21. The second kappa shape index (κ2) is 8.65. The van der Waals surface area contributed by atoms with Gasteiger partial charge < -0.3 is 5.32 Å². The van der Waals surface area contributed by atoms with Gasteiger partial charge in [0, 0.05) is 30.1 Å². The van der Waals surface area contributed by atoms with E-state index in [1.807, 2.05) is 45.0 Å². The molecule has 4 aromatic rings. The zero-order valence-corrected chi connectivity index (χ0v) is 19.5. The van der Waals surface area contributed by atoms with Crippen molar-refractivity contribution in [3.8, 4) is 5.69 Å². The first-order valence-corrected chi connectivity index (χ1v) is 10.9. The molecule has 2 heterocycles. The number of anilines is 1. The first-order valence-electron chi connectivity index (χ1n) is 10.9. The average Bonchev–Trinajstić information content (AvgIpc) is 3.12. The maximum atomic E-state index is 13.5. The van der Waals surface area contributed by atoms with Crippen LogP contribution in [0, 0.1) is 33.5 Å². The van der Waals surface area contributed by atoms with Crippen LogP contribution in [-0.2, 0) is 18.3 Å². The van der Waals surface area contributed by atoms with Crippen LogP contribution in [0.4, 0.5) is 10.1 Å². The molecular weight excluding hydrogens is 419 g/mol. The van der Waals surface area contributed by atoms with E-state index in [0.29, 0.717) is 11.3 Å². The van der Waals surface area contributed by atoms with Gasteiger partial charge in [0.05, 0.1) is 11.4 Å². The third kappa shape index (κ3) is 4.18. The topological polar surface area (TPSA) is 68.9 Å². The largest absolute Gasteiger partial charge is 0.326 e. The van der Waals surface area contributed by atoms with Gasteiger partial charge in [-0.3, -0.25) is 14.2 Å². The summed E-state index contributed by atoms with van der Waals surface area (Å²) in [6.07, 6.45) is 0.395. The number of amides is 1. The maximum Gasteiger partial charge on any atom is 0.255 e. The molecule has 1 amide bonds. The maximum absolute atomic E-state index is 13.5. The van der Waals surface area contributed by atoms with Gasteiger partial charge in [0.15, 0.2) is 0 Å². The van der Waals surface area contributed by atoms with Crippen molar-refractivity contribution in [1.29, 1.82) is 0 Å². The van der Waals surface area contributed by atoms with Gasteiger partial charge in [-0.2, -0.15) is 5.10 Å². The Morgan fingerprint density at radius 3 is 2.45 bits per heavy atom. The third-order valence-electron chi connectivity index (χ3n) is 6.10. The smallest absolute Gasteiger partial charge is 0.255 e. The van der Waals surface area contributed by atoms with Crippen molar-refractivity contribution in [3.63, 3.8) is 0 Å². The molecule has 0 fully saturated rings. The Morgan fingerprint density at radius 2 is 1.76 bits per heavy atom. The van der Waals surface area contributed by atoms with E-state index in [1.165, 1.54) is 12.1 Å². The molecule has 170 valence electrons. The summed E-state index contributed by atoms with van der Waals surface area (Å²) in [6, 6.07) is 12.3. The SMILES string of the molecule is Cc1ccc(-n2nc(C)c3c(C)c(CCC(=O)Nc4cc(F)ccc4C)c(=O)n(C)c32)cc1. The molecule has 7 heteroatoms. The van der Waals surface area contributed by atoms with Crippen molar-refractivity contribution in [2.75, 3.05) is 5.32 Å². The van der Waals surface area contributed by atoms with Crippen molar-refractivity contribution in [3.05, 3.63) is 86.6 Å². The summed E-state index contributed by atoms with van der Waals surface area (Å²) in [5.41, 5.74) is 6.05. The fraction of sp³-hybridized carbons (Fsp3) is 0.269. The number of nitrogens with one attached hydrogen (secondary N) is 1. The number of hydrogen-bond donors (Lipinski definition) is 1. The summed E-state index contributed by atoms with van der Waals surface area (Å²) >= 11 is 0. The number of carbonyl (C=O) groups is 1. The van der Waals surface area contributed by atoms with E-state index in [4.69, 9.17) is 5.10 Å². The summed E-state index contributed by atoms with van der Waals surface area (Å²) < 4.78 is 16.9. The van der Waals surface area contributed by atoms with Crippen LogP contribution in [0.25, 0.3) is 16.7 Å². The Balaban J connectivity index is 1.67. The van der Waals surface area contributed by atoms with Crippen LogP contribution in [-0.4, -0.2) is 20.3 Å². The number of benzene rings is 2. The van der Waals surface area contributed by atoms with Crippen molar-refractivity contribution < 1.29 is 9.18 Å². The van der Waals surface area contributed by atoms with Crippen molar-refractivity contribution in [2.24, 2.45) is 7.05 Å². The zero-order valence-electron chi connectivity index (χ0n) is 19.5. The predicted octanol–water partition coefficient (Wildman–Crippen LogP) is 4.67. The quantitative estimate of drug-likeness (QED) is 0.484. The number of nitrogens with zero attached hydrogens (tertiary/aromatic N) is 3. The molecule has 0 aliphatic rings. The predicted molar refractivity (Wildman–Crippen MR) is 129 cm³/mol. The molecule has 0 unspecified atom stereocenters. The van der Waals surface area contributed by atoms with Gasteiger partial charge in [0.1, 0.15) is 11.5 Å². The lowest BCUT2D eigenvalue weighted by atomic mass is 10.0. The highest BCUT2D eigenvalue weighted by Gasteiger charge is 2.20. The Kier molecular flexibility index (Phi) is 5.89. The Labute approximate surface area is 191 Å². The first kappa shape index (κ1) is 22.5. The summed E-state index contributed by atoms with van der Waals surface area (Å²) in [4.78, 5) is 25.8. The van der Waals surface area contributed by atoms with Crippen molar-refractivity contribution in [2.45, 2.75) is 40.5 Å². The lowest BCUT2D eigenvalue weighted by molar-refractivity contribution is -0.116. The molecule has 33 heavy (non-hydrogen) atoms. The molecule has 6 nitrogen and oxygen atoms in total. The lowest BCUT2D eigenvalue weighted by Crippen LogP contribution is -2.25. The molecule has 0 spiro atoms. The monoisotopic (exact) mass is 446 g/mol. The zero-order chi connectivity index (χ0) is 23.9. The molecular formula is C26H27FN4O2. The van der Waals surface area contributed by atoms with E-state index in [0.717, 1.165) is 39.1 Å². The van der Waals surface area contributed by atoms with Crippen molar-refractivity contribution in [1.82, 2.24) is 14.3 Å². The van der Waals surface area contributed by atoms with Crippen LogP contribution < -0.4 is 10.9 Å². The normalized spacial score (nSPS) is 11.2. The van der Waals surface area contributed by atoms with E-state index in [9.17, 15) is 14.0 Å². The van der Waals surface area contributed by atoms with Crippen LogP contribution in [0.3, 0.4) is 0 Å².